The third-order valence-electron chi connectivity index (χ3n) is 2.68. The van der Waals surface area contributed by atoms with Gasteiger partial charge in [0.05, 0.1) is 6.04 Å². The van der Waals surface area contributed by atoms with E-state index in [0.717, 1.165) is 17.9 Å². The van der Waals surface area contributed by atoms with Crippen LogP contribution in [0, 0.1) is 6.92 Å². The molecule has 1 rings (SSSR count). The van der Waals surface area contributed by atoms with Gasteiger partial charge in [0.1, 0.15) is 11.4 Å². The Morgan fingerprint density at radius 2 is 2.16 bits per heavy atom. The molecule has 1 N–H and O–H groups in total. The van der Waals surface area contributed by atoms with Crippen LogP contribution in [0.2, 0.25) is 0 Å². The van der Waals surface area contributed by atoms with Crippen molar-refractivity contribution in [1.82, 2.24) is 14.9 Å². The van der Waals surface area contributed by atoms with Gasteiger partial charge in [0.15, 0.2) is 0 Å². The molecule has 19 heavy (non-hydrogen) atoms. The molecule has 0 fully saturated rings. The lowest BCUT2D eigenvalue weighted by Gasteiger charge is -2.30. The van der Waals surface area contributed by atoms with Crippen LogP contribution < -0.4 is 0 Å². The fourth-order valence-electron chi connectivity index (χ4n) is 1.80. The fourth-order valence-corrected chi connectivity index (χ4v) is 1.80. The average Bonchev–Trinajstić information content (AvgIpc) is 2.69. The van der Waals surface area contributed by atoms with E-state index in [1.54, 1.807) is 11.1 Å². The Kier molecular flexibility index (Phi) is 4.97. The number of imidazole rings is 1. The van der Waals surface area contributed by atoms with Crippen molar-refractivity contribution in [3.05, 3.63) is 17.7 Å². The Labute approximate surface area is 115 Å². The lowest BCUT2D eigenvalue weighted by Crippen LogP contribution is -2.39. The molecule has 0 saturated carbocycles. The van der Waals surface area contributed by atoms with E-state index in [9.17, 15) is 4.79 Å². The predicted octanol–water partition coefficient (Wildman–Crippen LogP) is 3.43. The normalized spacial score (nSPS) is 13.2. The molecule has 1 aromatic heterocycles. The van der Waals surface area contributed by atoms with Crippen LogP contribution in [-0.4, -0.2) is 33.1 Å². The number of rotatable bonds is 4. The quantitative estimate of drug-likeness (QED) is 0.909. The van der Waals surface area contributed by atoms with Gasteiger partial charge in [0.25, 0.3) is 0 Å². The van der Waals surface area contributed by atoms with Gasteiger partial charge < -0.3 is 9.72 Å². The molecular weight excluding hydrogens is 242 g/mol. The summed E-state index contributed by atoms with van der Waals surface area (Å²) in [6.07, 6.45) is 2.35. The van der Waals surface area contributed by atoms with E-state index in [1.807, 2.05) is 41.5 Å². The highest BCUT2D eigenvalue weighted by molar-refractivity contribution is 5.68. The number of amides is 1. The maximum atomic E-state index is 12.2. The standard InChI is InChI=1S/C14H25N3O2/c1-7-8-17(13(18)19-14(4,5)6)11(3)12-15-9-10(2)16-12/h9,11H,7-8H2,1-6H3,(H,15,16). The van der Waals surface area contributed by atoms with Gasteiger partial charge in [-0.05, 0) is 41.0 Å². The van der Waals surface area contributed by atoms with Crippen LogP contribution >= 0.6 is 0 Å². The summed E-state index contributed by atoms with van der Waals surface area (Å²) in [6, 6.07) is -0.122. The number of nitrogens with one attached hydrogen (secondary N) is 1. The maximum Gasteiger partial charge on any atom is 0.410 e. The fraction of sp³-hybridized carbons (Fsp3) is 0.714. The predicted molar refractivity (Wildman–Crippen MR) is 75.0 cm³/mol. The molecule has 5 nitrogen and oxygen atoms in total. The van der Waals surface area contributed by atoms with E-state index >= 15 is 0 Å². The Morgan fingerprint density at radius 3 is 2.58 bits per heavy atom. The zero-order valence-electron chi connectivity index (χ0n) is 12.8. The molecule has 1 aromatic rings. The minimum atomic E-state index is -0.484. The number of H-pyrrole nitrogens is 1. The molecule has 0 radical (unpaired) electrons. The summed E-state index contributed by atoms with van der Waals surface area (Å²) in [5.74, 6) is 0.789. The minimum absolute atomic E-state index is 0.122. The molecule has 0 aliphatic carbocycles. The molecule has 1 heterocycles. The first-order chi connectivity index (χ1) is 8.74. The van der Waals surface area contributed by atoms with E-state index in [4.69, 9.17) is 4.74 Å². The number of nitrogens with zero attached hydrogens (tertiary/aromatic N) is 2. The molecule has 0 saturated heterocycles. The number of carbonyl (C=O) groups excluding carboxylic acids is 1. The number of carbonyl (C=O) groups is 1. The Balaban J connectivity index is 2.84. The number of hydrogen-bond donors (Lipinski definition) is 1. The van der Waals surface area contributed by atoms with Gasteiger partial charge in [0.2, 0.25) is 0 Å². The highest BCUT2D eigenvalue weighted by atomic mass is 16.6. The molecule has 1 atom stereocenters. The van der Waals surface area contributed by atoms with Crippen LogP contribution in [0.1, 0.15) is 58.6 Å². The van der Waals surface area contributed by atoms with Crippen LogP contribution in [0.4, 0.5) is 4.79 Å². The number of aryl methyl sites for hydroxylation is 1. The van der Waals surface area contributed by atoms with Gasteiger partial charge in [-0.2, -0.15) is 0 Å². The van der Waals surface area contributed by atoms with Crippen molar-refractivity contribution in [2.75, 3.05) is 6.54 Å². The Bertz CT molecular complexity index is 421. The van der Waals surface area contributed by atoms with Crippen molar-refractivity contribution < 1.29 is 9.53 Å². The monoisotopic (exact) mass is 267 g/mol. The Hall–Kier alpha value is -1.52. The lowest BCUT2D eigenvalue weighted by atomic mass is 10.2. The van der Waals surface area contributed by atoms with Crippen LogP contribution in [-0.2, 0) is 4.74 Å². The second-order valence-electron chi connectivity index (χ2n) is 5.80. The zero-order chi connectivity index (χ0) is 14.6. The van der Waals surface area contributed by atoms with E-state index < -0.39 is 5.60 Å². The molecule has 0 aromatic carbocycles. The molecule has 1 amide bonds. The molecule has 1 unspecified atom stereocenters. The Morgan fingerprint density at radius 1 is 1.53 bits per heavy atom. The van der Waals surface area contributed by atoms with Crippen molar-refractivity contribution in [1.29, 1.82) is 0 Å². The first-order valence-electron chi connectivity index (χ1n) is 6.75. The van der Waals surface area contributed by atoms with Crippen LogP contribution in [0.15, 0.2) is 6.20 Å². The van der Waals surface area contributed by atoms with Crippen LogP contribution in [0.3, 0.4) is 0 Å². The SMILES string of the molecule is CCCN(C(=O)OC(C)(C)C)C(C)c1ncc(C)[nH]1. The summed E-state index contributed by atoms with van der Waals surface area (Å²) in [6.45, 7) is 12.2. The molecular formula is C14H25N3O2. The number of hydrogen-bond acceptors (Lipinski definition) is 3. The molecule has 5 heteroatoms. The van der Waals surface area contributed by atoms with E-state index in [-0.39, 0.29) is 12.1 Å². The van der Waals surface area contributed by atoms with E-state index in [2.05, 4.69) is 9.97 Å². The molecule has 0 aliphatic heterocycles. The van der Waals surface area contributed by atoms with Crippen molar-refractivity contribution in [2.24, 2.45) is 0 Å². The van der Waals surface area contributed by atoms with Gasteiger partial charge >= 0.3 is 6.09 Å². The molecule has 108 valence electrons. The summed E-state index contributed by atoms with van der Waals surface area (Å²) < 4.78 is 5.45. The maximum absolute atomic E-state index is 12.2. The summed E-state index contributed by atoms with van der Waals surface area (Å²) >= 11 is 0. The third kappa shape index (κ3) is 4.58. The minimum Gasteiger partial charge on any atom is -0.444 e. The number of aromatic nitrogens is 2. The summed E-state index contributed by atoms with van der Waals surface area (Å²) in [5.41, 5.74) is 0.504. The van der Waals surface area contributed by atoms with Crippen molar-refractivity contribution in [2.45, 2.75) is 59.6 Å². The average molecular weight is 267 g/mol. The topological polar surface area (TPSA) is 58.2 Å². The van der Waals surface area contributed by atoms with Crippen molar-refractivity contribution in [3.63, 3.8) is 0 Å². The second-order valence-corrected chi connectivity index (χ2v) is 5.80. The first kappa shape index (κ1) is 15.5. The highest BCUT2D eigenvalue weighted by Crippen LogP contribution is 2.21. The van der Waals surface area contributed by atoms with Crippen LogP contribution in [0.25, 0.3) is 0 Å². The largest absolute Gasteiger partial charge is 0.444 e. The van der Waals surface area contributed by atoms with Gasteiger partial charge in [-0.25, -0.2) is 9.78 Å². The summed E-state index contributed by atoms with van der Waals surface area (Å²) in [5, 5.41) is 0. The lowest BCUT2D eigenvalue weighted by molar-refractivity contribution is 0.0166. The van der Waals surface area contributed by atoms with Crippen molar-refractivity contribution >= 4 is 6.09 Å². The van der Waals surface area contributed by atoms with Gasteiger partial charge in [-0.3, -0.25) is 4.90 Å². The highest BCUT2D eigenvalue weighted by Gasteiger charge is 2.27. The summed E-state index contributed by atoms with van der Waals surface area (Å²) in [7, 11) is 0. The van der Waals surface area contributed by atoms with Gasteiger partial charge in [-0.1, -0.05) is 6.92 Å². The zero-order valence-corrected chi connectivity index (χ0v) is 12.8. The molecule has 0 spiro atoms. The van der Waals surface area contributed by atoms with E-state index in [1.165, 1.54) is 0 Å². The smallest absolute Gasteiger partial charge is 0.410 e. The van der Waals surface area contributed by atoms with E-state index in [0.29, 0.717) is 6.54 Å². The molecule has 0 bridgehead atoms. The summed E-state index contributed by atoms with van der Waals surface area (Å²) in [4.78, 5) is 21.4. The number of aromatic amines is 1. The van der Waals surface area contributed by atoms with Crippen molar-refractivity contribution in [3.8, 4) is 0 Å². The van der Waals surface area contributed by atoms with Gasteiger partial charge in [-0.15, -0.1) is 0 Å². The first-order valence-corrected chi connectivity index (χ1v) is 6.75. The number of ether oxygens (including phenoxy) is 1. The third-order valence-corrected chi connectivity index (χ3v) is 2.68. The second kappa shape index (κ2) is 6.08. The molecule has 0 aliphatic rings. The van der Waals surface area contributed by atoms with Gasteiger partial charge in [0, 0.05) is 18.4 Å². The van der Waals surface area contributed by atoms with Crippen LogP contribution in [0.5, 0.6) is 0 Å².